The van der Waals surface area contributed by atoms with Gasteiger partial charge in [-0.1, -0.05) is 42.5 Å². The fourth-order valence-corrected chi connectivity index (χ4v) is 2.85. The van der Waals surface area contributed by atoms with E-state index in [-0.39, 0.29) is 12.0 Å². The molecule has 4 rings (SSSR count). The molecule has 0 unspecified atom stereocenters. The second kappa shape index (κ2) is 5.77. The fourth-order valence-electron chi connectivity index (χ4n) is 2.85. The average molecular weight is 317 g/mol. The second-order valence-corrected chi connectivity index (χ2v) is 5.58. The average Bonchev–Trinajstić information content (AvgIpc) is 2.61. The Balaban J connectivity index is 1.88. The van der Waals surface area contributed by atoms with E-state index in [2.05, 4.69) is 15.3 Å². The lowest BCUT2D eigenvalue weighted by molar-refractivity contribution is -0.114. The van der Waals surface area contributed by atoms with Gasteiger partial charge in [0.15, 0.2) is 6.10 Å². The topological polar surface area (TPSA) is 64.1 Å². The molecule has 3 aromatic rings. The highest BCUT2D eigenvalue weighted by Crippen LogP contribution is 2.43. The Morgan fingerprint density at radius 2 is 1.83 bits per heavy atom. The number of anilines is 1. The minimum Gasteiger partial charge on any atom is -0.480 e. The van der Waals surface area contributed by atoms with Gasteiger partial charge in [-0.15, -0.1) is 0 Å². The summed E-state index contributed by atoms with van der Waals surface area (Å²) in [5.74, 6) is 0.867. The molecule has 24 heavy (non-hydrogen) atoms. The van der Waals surface area contributed by atoms with Crippen LogP contribution in [-0.4, -0.2) is 15.9 Å². The Morgan fingerprint density at radius 1 is 1.08 bits per heavy atom. The number of ether oxygens (including phenoxy) is 1. The molecule has 5 nitrogen and oxygen atoms in total. The van der Waals surface area contributed by atoms with Crippen LogP contribution in [0.15, 0.2) is 60.8 Å². The standard InChI is InChI=1S/C19H15N3O2/c1-12(23)21-19-20-11-15-17(22-19)14-9-5-6-10-16(14)24-18(15)13-7-3-2-4-8-13/h2-11,18H,1H3,(H,20,21,22,23)/t18-/m1/s1. The number of aromatic nitrogens is 2. The van der Waals surface area contributed by atoms with Gasteiger partial charge in [-0.3, -0.25) is 10.1 Å². The SMILES string of the molecule is CC(=O)Nc1ncc2c(n1)-c1ccccc1O[C@@H]2c1ccccc1. The third-order valence-electron chi connectivity index (χ3n) is 3.88. The number of amides is 1. The molecule has 1 aliphatic rings. The van der Waals surface area contributed by atoms with Gasteiger partial charge in [0.2, 0.25) is 11.9 Å². The zero-order chi connectivity index (χ0) is 16.5. The van der Waals surface area contributed by atoms with E-state index in [4.69, 9.17) is 4.74 Å². The second-order valence-electron chi connectivity index (χ2n) is 5.58. The van der Waals surface area contributed by atoms with E-state index in [1.807, 2.05) is 54.6 Å². The normalized spacial score (nSPS) is 15.0. The molecule has 0 fully saturated rings. The molecule has 2 aromatic carbocycles. The molecule has 1 atom stereocenters. The molecular weight excluding hydrogens is 302 g/mol. The van der Waals surface area contributed by atoms with Gasteiger partial charge in [-0.2, -0.15) is 0 Å². The van der Waals surface area contributed by atoms with E-state index in [0.29, 0.717) is 5.95 Å². The maximum Gasteiger partial charge on any atom is 0.229 e. The van der Waals surface area contributed by atoms with Crippen LogP contribution in [0.4, 0.5) is 5.95 Å². The lowest BCUT2D eigenvalue weighted by Gasteiger charge is -2.28. The summed E-state index contributed by atoms with van der Waals surface area (Å²) in [7, 11) is 0. The number of hydrogen-bond donors (Lipinski definition) is 1. The van der Waals surface area contributed by atoms with Gasteiger partial charge in [-0.05, 0) is 17.7 Å². The van der Waals surface area contributed by atoms with Crippen LogP contribution in [0.3, 0.4) is 0 Å². The molecular formula is C19H15N3O2. The highest BCUT2D eigenvalue weighted by molar-refractivity contribution is 5.87. The number of carbonyl (C=O) groups is 1. The molecule has 1 N–H and O–H groups in total. The number of nitrogens with zero attached hydrogens (tertiary/aromatic N) is 2. The highest BCUT2D eigenvalue weighted by Gasteiger charge is 2.29. The summed E-state index contributed by atoms with van der Waals surface area (Å²) in [5.41, 5.74) is 3.59. The predicted octanol–water partition coefficient (Wildman–Crippen LogP) is 3.58. The molecule has 0 saturated carbocycles. The van der Waals surface area contributed by atoms with Crippen molar-refractivity contribution in [2.45, 2.75) is 13.0 Å². The zero-order valence-electron chi connectivity index (χ0n) is 13.1. The maximum absolute atomic E-state index is 11.3. The third kappa shape index (κ3) is 2.50. The van der Waals surface area contributed by atoms with Crippen LogP contribution in [-0.2, 0) is 4.79 Å². The Labute approximate surface area is 139 Å². The lowest BCUT2D eigenvalue weighted by Crippen LogP contribution is -2.18. The molecule has 0 spiro atoms. The number of carbonyl (C=O) groups excluding carboxylic acids is 1. The minimum atomic E-state index is -0.275. The van der Waals surface area contributed by atoms with E-state index >= 15 is 0 Å². The molecule has 5 heteroatoms. The summed E-state index contributed by atoms with van der Waals surface area (Å²) in [6, 6.07) is 17.7. The molecule has 1 aromatic heterocycles. The lowest BCUT2D eigenvalue weighted by atomic mass is 9.94. The van der Waals surface area contributed by atoms with E-state index in [0.717, 1.165) is 28.1 Å². The van der Waals surface area contributed by atoms with E-state index in [1.165, 1.54) is 6.92 Å². The van der Waals surface area contributed by atoms with Crippen molar-refractivity contribution in [2.75, 3.05) is 5.32 Å². The Bertz CT molecular complexity index is 909. The van der Waals surface area contributed by atoms with Crippen molar-refractivity contribution < 1.29 is 9.53 Å². The largest absolute Gasteiger partial charge is 0.480 e. The Kier molecular flexibility index (Phi) is 3.46. The van der Waals surface area contributed by atoms with Crippen LogP contribution >= 0.6 is 0 Å². The van der Waals surface area contributed by atoms with Crippen LogP contribution in [0.1, 0.15) is 24.2 Å². The molecule has 0 radical (unpaired) electrons. The summed E-state index contributed by atoms with van der Waals surface area (Å²) in [6.45, 7) is 1.44. The van der Waals surface area contributed by atoms with E-state index in [9.17, 15) is 4.79 Å². The van der Waals surface area contributed by atoms with Crippen molar-refractivity contribution in [3.8, 4) is 17.0 Å². The van der Waals surface area contributed by atoms with Gasteiger partial charge in [0.25, 0.3) is 0 Å². The van der Waals surface area contributed by atoms with Crippen molar-refractivity contribution in [1.82, 2.24) is 9.97 Å². The number of fused-ring (bicyclic) bond motifs is 3. The van der Waals surface area contributed by atoms with Crippen molar-refractivity contribution in [3.63, 3.8) is 0 Å². The Morgan fingerprint density at radius 3 is 2.62 bits per heavy atom. The molecule has 0 bridgehead atoms. The first kappa shape index (κ1) is 14.4. The van der Waals surface area contributed by atoms with Gasteiger partial charge >= 0.3 is 0 Å². The summed E-state index contributed by atoms with van der Waals surface area (Å²) in [5, 5.41) is 2.64. The van der Waals surface area contributed by atoms with Gasteiger partial charge in [0, 0.05) is 24.2 Å². The summed E-state index contributed by atoms with van der Waals surface area (Å²) >= 11 is 0. The smallest absolute Gasteiger partial charge is 0.229 e. The van der Waals surface area contributed by atoms with E-state index < -0.39 is 0 Å². The van der Waals surface area contributed by atoms with Crippen LogP contribution in [0, 0.1) is 0 Å². The molecule has 2 heterocycles. The molecule has 1 aliphatic heterocycles. The predicted molar refractivity (Wildman–Crippen MR) is 90.7 cm³/mol. The first-order valence-electron chi connectivity index (χ1n) is 7.68. The first-order chi connectivity index (χ1) is 11.7. The van der Waals surface area contributed by atoms with Crippen molar-refractivity contribution in [2.24, 2.45) is 0 Å². The zero-order valence-corrected chi connectivity index (χ0v) is 13.1. The molecule has 1 amide bonds. The Hall–Kier alpha value is -3.21. The maximum atomic E-state index is 11.3. The minimum absolute atomic E-state index is 0.199. The monoisotopic (exact) mass is 317 g/mol. The fraction of sp³-hybridized carbons (Fsp3) is 0.105. The summed E-state index contributed by atoms with van der Waals surface area (Å²) < 4.78 is 6.20. The van der Waals surface area contributed by atoms with Crippen molar-refractivity contribution in [3.05, 3.63) is 71.9 Å². The molecule has 0 saturated heterocycles. The highest BCUT2D eigenvalue weighted by atomic mass is 16.5. The van der Waals surface area contributed by atoms with Crippen LogP contribution in [0.2, 0.25) is 0 Å². The van der Waals surface area contributed by atoms with Gasteiger partial charge < -0.3 is 4.74 Å². The van der Waals surface area contributed by atoms with Crippen LogP contribution in [0.25, 0.3) is 11.3 Å². The van der Waals surface area contributed by atoms with Crippen molar-refractivity contribution in [1.29, 1.82) is 0 Å². The molecule has 118 valence electrons. The number of rotatable bonds is 2. The van der Waals surface area contributed by atoms with Gasteiger partial charge in [0.1, 0.15) is 5.75 Å². The number of hydrogen-bond acceptors (Lipinski definition) is 4. The van der Waals surface area contributed by atoms with Gasteiger partial charge in [-0.25, -0.2) is 9.97 Å². The first-order valence-corrected chi connectivity index (χ1v) is 7.68. The van der Waals surface area contributed by atoms with Gasteiger partial charge in [0.05, 0.1) is 5.69 Å². The molecule has 0 aliphatic carbocycles. The number of nitrogens with one attached hydrogen (secondary N) is 1. The third-order valence-corrected chi connectivity index (χ3v) is 3.88. The quantitative estimate of drug-likeness (QED) is 0.784. The number of benzene rings is 2. The van der Waals surface area contributed by atoms with Crippen LogP contribution in [0.5, 0.6) is 5.75 Å². The van der Waals surface area contributed by atoms with E-state index in [1.54, 1.807) is 6.20 Å². The summed E-state index contributed by atoms with van der Waals surface area (Å²) in [4.78, 5) is 20.1. The van der Waals surface area contributed by atoms with Crippen molar-refractivity contribution >= 4 is 11.9 Å². The summed E-state index contributed by atoms with van der Waals surface area (Å²) in [6.07, 6.45) is 1.45. The van der Waals surface area contributed by atoms with Crippen LogP contribution < -0.4 is 10.1 Å². The number of para-hydroxylation sites is 1.